The minimum absolute atomic E-state index is 0.0991. The fourth-order valence-electron chi connectivity index (χ4n) is 1.61. The molecule has 0 fully saturated rings. The number of nitrogens with zero attached hydrogens (tertiary/aromatic N) is 1. The summed E-state index contributed by atoms with van der Waals surface area (Å²) in [7, 11) is 1.72. The summed E-state index contributed by atoms with van der Waals surface area (Å²) in [6.07, 6.45) is 0. The number of anilines is 1. The van der Waals surface area contributed by atoms with Gasteiger partial charge < -0.3 is 10.1 Å². The Balaban J connectivity index is 2.61. The monoisotopic (exact) mass is 356 g/mol. The standard InChI is InChI=1S/C15H21BrN2O3/c1-5-21-14(20)15(2,3)18(4)10-13(19)17-12-8-6-11(16)7-9-12/h6-9H,5,10H2,1-4H3,(H,17,19). The molecule has 1 rings (SSSR count). The van der Waals surface area contributed by atoms with Crippen LogP contribution < -0.4 is 5.32 Å². The van der Waals surface area contributed by atoms with Crippen LogP contribution in [0.25, 0.3) is 0 Å². The molecule has 5 nitrogen and oxygen atoms in total. The zero-order valence-corrected chi connectivity index (χ0v) is 14.4. The van der Waals surface area contributed by atoms with Gasteiger partial charge in [0, 0.05) is 10.2 Å². The molecule has 0 saturated carbocycles. The second-order valence-corrected chi connectivity index (χ2v) is 6.11. The van der Waals surface area contributed by atoms with Crippen molar-refractivity contribution in [1.82, 2.24) is 4.90 Å². The molecule has 0 spiro atoms. The predicted molar refractivity (Wildman–Crippen MR) is 86.1 cm³/mol. The van der Waals surface area contributed by atoms with Gasteiger partial charge in [-0.15, -0.1) is 0 Å². The van der Waals surface area contributed by atoms with Crippen LogP contribution in [0.15, 0.2) is 28.7 Å². The summed E-state index contributed by atoms with van der Waals surface area (Å²) < 4.78 is 5.97. The van der Waals surface area contributed by atoms with Gasteiger partial charge in [-0.25, -0.2) is 0 Å². The Bertz CT molecular complexity index is 500. The molecular weight excluding hydrogens is 336 g/mol. The van der Waals surface area contributed by atoms with Crippen LogP contribution in [0.5, 0.6) is 0 Å². The van der Waals surface area contributed by atoms with Gasteiger partial charge in [-0.1, -0.05) is 15.9 Å². The lowest BCUT2D eigenvalue weighted by atomic mass is 10.0. The molecule has 0 aliphatic carbocycles. The number of nitrogens with one attached hydrogen (secondary N) is 1. The summed E-state index contributed by atoms with van der Waals surface area (Å²) in [5.74, 6) is -0.527. The number of amides is 1. The summed E-state index contributed by atoms with van der Waals surface area (Å²) >= 11 is 3.34. The topological polar surface area (TPSA) is 58.6 Å². The third kappa shape index (κ3) is 5.13. The molecule has 1 amide bonds. The highest BCUT2D eigenvalue weighted by atomic mass is 79.9. The van der Waals surface area contributed by atoms with Crippen LogP contribution in [-0.2, 0) is 14.3 Å². The first-order valence-electron chi connectivity index (χ1n) is 6.71. The zero-order valence-electron chi connectivity index (χ0n) is 12.8. The normalized spacial score (nSPS) is 11.3. The Kier molecular flexibility index (Phi) is 6.36. The number of carbonyl (C=O) groups excluding carboxylic acids is 2. The molecule has 1 N–H and O–H groups in total. The molecule has 116 valence electrons. The Hall–Kier alpha value is -1.40. The smallest absolute Gasteiger partial charge is 0.325 e. The first-order valence-corrected chi connectivity index (χ1v) is 7.50. The highest BCUT2D eigenvalue weighted by Crippen LogP contribution is 2.16. The van der Waals surface area contributed by atoms with Crippen molar-refractivity contribution in [3.63, 3.8) is 0 Å². The van der Waals surface area contributed by atoms with Crippen LogP contribution in [0.3, 0.4) is 0 Å². The fourth-order valence-corrected chi connectivity index (χ4v) is 1.87. The van der Waals surface area contributed by atoms with Gasteiger partial charge in [0.05, 0.1) is 13.2 Å². The van der Waals surface area contributed by atoms with Crippen molar-refractivity contribution in [2.24, 2.45) is 0 Å². The van der Waals surface area contributed by atoms with E-state index in [1.165, 1.54) is 0 Å². The predicted octanol–water partition coefficient (Wildman–Crippen LogP) is 2.66. The average molecular weight is 357 g/mol. The zero-order chi connectivity index (χ0) is 16.0. The van der Waals surface area contributed by atoms with Gasteiger partial charge in [-0.2, -0.15) is 0 Å². The van der Waals surface area contributed by atoms with Crippen LogP contribution in [0, 0.1) is 0 Å². The molecule has 0 unspecified atom stereocenters. The van der Waals surface area contributed by atoms with E-state index in [0.717, 1.165) is 4.47 Å². The first kappa shape index (κ1) is 17.7. The van der Waals surface area contributed by atoms with E-state index in [9.17, 15) is 9.59 Å². The van der Waals surface area contributed by atoms with Crippen molar-refractivity contribution in [2.75, 3.05) is 25.5 Å². The lowest BCUT2D eigenvalue weighted by Crippen LogP contribution is -2.51. The highest BCUT2D eigenvalue weighted by Gasteiger charge is 2.34. The van der Waals surface area contributed by atoms with E-state index >= 15 is 0 Å². The lowest BCUT2D eigenvalue weighted by Gasteiger charge is -2.32. The third-order valence-corrected chi connectivity index (χ3v) is 3.77. The van der Waals surface area contributed by atoms with Gasteiger partial charge in [0.1, 0.15) is 5.54 Å². The summed E-state index contributed by atoms with van der Waals surface area (Å²) in [6.45, 7) is 5.65. The summed E-state index contributed by atoms with van der Waals surface area (Å²) in [6, 6.07) is 7.31. The summed E-state index contributed by atoms with van der Waals surface area (Å²) in [5, 5.41) is 2.79. The number of esters is 1. The van der Waals surface area contributed by atoms with Crippen molar-refractivity contribution in [3.8, 4) is 0 Å². The van der Waals surface area contributed by atoms with E-state index in [0.29, 0.717) is 12.3 Å². The van der Waals surface area contributed by atoms with Crippen molar-refractivity contribution >= 4 is 33.5 Å². The average Bonchev–Trinajstić information content (AvgIpc) is 2.41. The van der Waals surface area contributed by atoms with Crippen molar-refractivity contribution in [2.45, 2.75) is 26.3 Å². The van der Waals surface area contributed by atoms with E-state index in [4.69, 9.17) is 4.74 Å². The van der Waals surface area contributed by atoms with E-state index in [1.807, 2.05) is 12.1 Å². The number of halogens is 1. The Labute approximate surface area is 133 Å². The van der Waals surface area contributed by atoms with Crippen LogP contribution in [0.1, 0.15) is 20.8 Å². The number of ether oxygens (including phenoxy) is 1. The Morgan fingerprint density at radius 3 is 2.38 bits per heavy atom. The van der Waals surface area contributed by atoms with Gasteiger partial charge in [-0.3, -0.25) is 14.5 Å². The molecule has 0 saturated heterocycles. The minimum Gasteiger partial charge on any atom is -0.465 e. The molecule has 0 aliphatic rings. The number of carbonyl (C=O) groups is 2. The third-order valence-electron chi connectivity index (χ3n) is 3.24. The van der Waals surface area contributed by atoms with E-state index < -0.39 is 5.54 Å². The maximum Gasteiger partial charge on any atom is 0.325 e. The number of rotatable bonds is 6. The molecule has 0 aliphatic heterocycles. The van der Waals surface area contributed by atoms with Gasteiger partial charge in [0.2, 0.25) is 5.91 Å². The van der Waals surface area contributed by atoms with Crippen LogP contribution in [0.2, 0.25) is 0 Å². The maximum atomic E-state index is 12.0. The van der Waals surface area contributed by atoms with Crippen LogP contribution >= 0.6 is 15.9 Å². The molecule has 21 heavy (non-hydrogen) atoms. The van der Waals surface area contributed by atoms with Gasteiger partial charge in [-0.05, 0) is 52.1 Å². The maximum absolute atomic E-state index is 12.0. The van der Waals surface area contributed by atoms with Crippen molar-refractivity contribution in [3.05, 3.63) is 28.7 Å². The second kappa shape index (κ2) is 7.56. The molecular formula is C15H21BrN2O3. The number of hydrogen-bond donors (Lipinski definition) is 1. The largest absolute Gasteiger partial charge is 0.465 e. The SMILES string of the molecule is CCOC(=O)C(C)(C)N(C)CC(=O)Nc1ccc(Br)cc1. The van der Waals surface area contributed by atoms with Gasteiger partial charge in [0.15, 0.2) is 0 Å². The van der Waals surface area contributed by atoms with Gasteiger partial charge in [0.25, 0.3) is 0 Å². The molecule has 0 atom stereocenters. The van der Waals surface area contributed by atoms with E-state index in [2.05, 4.69) is 21.2 Å². The molecule has 0 heterocycles. The quantitative estimate of drug-likeness (QED) is 0.796. The molecule has 1 aromatic rings. The number of benzene rings is 1. The summed E-state index contributed by atoms with van der Waals surface area (Å²) in [4.78, 5) is 25.6. The Morgan fingerprint density at radius 1 is 1.29 bits per heavy atom. The van der Waals surface area contributed by atoms with Crippen molar-refractivity contribution in [1.29, 1.82) is 0 Å². The van der Waals surface area contributed by atoms with Gasteiger partial charge >= 0.3 is 5.97 Å². The second-order valence-electron chi connectivity index (χ2n) is 5.19. The first-order chi connectivity index (χ1) is 9.77. The highest BCUT2D eigenvalue weighted by molar-refractivity contribution is 9.10. The molecule has 0 aromatic heterocycles. The lowest BCUT2D eigenvalue weighted by molar-refractivity contribution is -0.155. The Morgan fingerprint density at radius 2 is 1.86 bits per heavy atom. The molecule has 6 heteroatoms. The molecule has 0 radical (unpaired) electrons. The summed E-state index contributed by atoms with van der Waals surface area (Å²) in [5.41, 5.74) is -0.141. The minimum atomic E-state index is -0.854. The van der Waals surface area contributed by atoms with E-state index in [1.54, 1.807) is 44.9 Å². The van der Waals surface area contributed by atoms with Crippen molar-refractivity contribution < 1.29 is 14.3 Å². The van der Waals surface area contributed by atoms with E-state index in [-0.39, 0.29) is 18.4 Å². The number of likely N-dealkylation sites (N-methyl/N-ethyl adjacent to an activating group) is 1. The number of hydrogen-bond acceptors (Lipinski definition) is 4. The van der Waals surface area contributed by atoms with Crippen LogP contribution in [0.4, 0.5) is 5.69 Å². The fraction of sp³-hybridized carbons (Fsp3) is 0.467. The van der Waals surface area contributed by atoms with Crippen LogP contribution in [-0.4, -0.2) is 42.5 Å². The molecule has 1 aromatic carbocycles. The molecule has 0 bridgehead atoms.